The molecule has 0 fully saturated rings. The molecule has 0 atom stereocenters. The Morgan fingerprint density at radius 1 is 1.31 bits per heavy atom. The number of nitrogens with zero attached hydrogens (tertiary/aromatic N) is 1. The van der Waals surface area contributed by atoms with Gasteiger partial charge in [-0.1, -0.05) is 0 Å². The molecule has 2 aromatic rings. The zero-order valence-corrected chi connectivity index (χ0v) is 7.50. The Kier molecular flexibility index (Phi) is 1.81. The molecule has 0 aliphatic carbocycles. The summed E-state index contributed by atoms with van der Waals surface area (Å²) in [6.07, 6.45) is 3.48. The number of ether oxygens (including phenoxy) is 2. The standard InChI is InChI=1S/C9H10N2O2/c1-12-7-5-11-9(13-2)8-6(7)3-4-10-8/h3-5,10H,1-2H3. The van der Waals surface area contributed by atoms with Crippen LogP contribution >= 0.6 is 0 Å². The van der Waals surface area contributed by atoms with Gasteiger partial charge in [-0.3, -0.25) is 0 Å². The highest BCUT2D eigenvalue weighted by atomic mass is 16.5. The fourth-order valence-electron chi connectivity index (χ4n) is 1.32. The summed E-state index contributed by atoms with van der Waals surface area (Å²) in [5.74, 6) is 1.33. The molecular weight excluding hydrogens is 168 g/mol. The van der Waals surface area contributed by atoms with Crippen molar-refractivity contribution in [2.75, 3.05) is 14.2 Å². The van der Waals surface area contributed by atoms with Crippen molar-refractivity contribution in [3.63, 3.8) is 0 Å². The predicted molar refractivity (Wildman–Crippen MR) is 49.2 cm³/mol. The lowest BCUT2D eigenvalue weighted by Gasteiger charge is -2.03. The highest BCUT2D eigenvalue weighted by molar-refractivity contribution is 5.88. The van der Waals surface area contributed by atoms with Crippen LogP contribution in [0, 0.1) is 0 Å². The van der Waals surface area contributed by atoms with E-state index < -0.39 is 0 Å². The van der Waals surface area contributed by atoms with E-state index in [2.05, 4.69) is 9.97 Å². The van der Waals surface area contributed by atoms with E-state index in [9.17, 15) is 0 Å². The number of hydrogen-bond acceptors (Lipinski definition) is 3. The third-order valence-corrected chi connectivity index (χ3v) is 1.94. The van der Waals surface area contributed by atoms with Crippen molar-refractivity contribution < 1.29 is 9.47 Å². The summed E-state index contributed by atoms with van der Waals surface area (Å²) in [5, 5.41) is 0.981. The smallest absolute Gasteiger partial charge is 0.238 e. The van der Waals surface area contributed by atoms with Crippen molar-refractivity contribution in [2.24, 2.45) is 0 Å². The van der Waals surface area contributed by atoms with E-state index in [4.69, 9.17) is 9.47 Å². The van der Waals surface area contributed by atoms with Crippen LogP contribution in [0.15, 0.2) is 18.5 Å². The van der Waals surface area contributed by atoms with Crippen LogP contribution in [0.4, 0.5) is 0 Å². The zero-order valence-electron chi connectivity index (χ0n) is 7.50. The fourth-order valence-corrected chi connectivity index (χ4v) is 1.32. The van der Waals surface area contributed by atoms with E-state index in [0.717, 1.165) is 16.7 Å². The third kappa shape index (κ3) is 1.11. The minimum atomic E-state index is 0.584. The molecule has 0 saturated carbocycles. The van der Waals surface area contributed by atoms with Crippen LogP contribution in [-0.2, 0) is 0 Å². The highest BCUT2D eigenvalue weighted by Crippen LogP contribution is 2.29. The molecule has 0 unspecified atom stereocenters. The van der Waals surface area contributed by atoms with Crippen LogP contribution in [0.1, 0.15) is 0 Å². The average molecular weight is 178 g/mol. The van der Waals surface area contributed by atoms with Crippen LogP contribution in [0.3, 0.4) is 0 Å². The number of nitrogens with one attached hydrogen (secondary N) is 1. The molecule has 0 radical (unpaired) electrons. The summed E-state index contributed by atoms with van der Waals surface area (Å²) in [7, 11) is 3.21. The Bertz CT molecular complexity index is 384. The van der Waals surface area contributed by atoms with Crippen LogP contribution < -0.4 is 9.47 Å². The first-order valence-corrected chi connectivity index (χ1v) is 3.91. The van der Waals surface area contributed by atoms with E-state index in [1.165, 1.54) is 0 Å². The first-order chi connectivity index (χ1) is 6.36. The molecule has 4 heteroatoms. The molecule has 0 saturated heterocycles. The molecule has 0 spiro atoms. The minimum absolute atomic E-state index is 0.584. The van der Waals surface area contributed by atoms with Crippen LogP contribution in [-0.4, -0.2) is 24.2 Å². The molecule has 2 heterocycles. The second-order valence-electron chi connectivity index (χ2n) is 2.60. The first kappa shape index (κ1) is 7.91. The summed E-state index contributed by atoms with van der Waals surface area (Å²) in [6.45, 7) is 0. The highest BCUT2D eigenvalue weighted by Gasteiger charge is 2.08. The second kappa shape index (κ2) is 2.97. The number of aromatic amines is 1. The Labute approximate surface area is 75.5 Å². The Morgan fingerprint density at radius 2 is 2.15 bits per heavy atom. The lowest BCUT2D eigenvalue weighted by molar-refractivity contribution is 0.394. The van der Waals surface area contributed by atoms with Gasteiger partial charge in [-0.2, -0.15) is 0 Å². The predicted octanol–water partition coefficient (Wildman–Crippen LogP) is 1.58. The molecule has 13 heavy (non-hydrogen) atoms. The molecule has 0 amide bonds. The summed E-state index contributed by atoms with van der Waals surface area (Å²) in [6, 6.07) is 1.93. The number of methoxy groups -OCH3 is 2. The number of pyridine rings is 1. The minimum Gasteiger partial charge on any atom is -0.494 e. The Balaban J connectivity index is 2.74. The van der Waals surface area contributed by atoms with Gasteiger partial charge in [-0.25, -0.2) is 4.98 Å². The maximum absolute atomic E-state index is 5.15. The molecule has 0 bridgehead atoms. The van der Waals surface area contributed by atoms with Crippen LogP contribution in [0.25, 0.3) is 10.9 Å². The van der Waals surface area contributed by atoms with Gasteiger partial charge in [0, 0.05) is 11.6 Å². The van der Waals surface area contributed by atoms with Gasteiger partial charge in [-0.15, -0.1) is 0 Å². The van der Waals surface area contributed by atoms with E-state index in [1.54, 1.807) is 20.4 Å². The molecule has 2 rings (SSSR count). The van der Waals surface area contributed by atoms with E-state index >= 15 is 0 Å². The molecule has 0 aliphatic heterocycles. The molecular formula is C9H10N2O2. The Hall–Kier alpha value is -1.71. The van der Waals surface area contributed by atoms with E-state index in [1.807, 2.05) is 12.3 Å². The monoisotopic (exact) mass is 178 g/mol. The van der Waals surface area contributed by atoms with Gasteiger partial charge in [0.25, 0.3) is 0 Å². The average Bonchev–Trinajstić information content (AvgIpc) is 2.64. The molecule has 4 nitrogen and oxygen atoms in total. The van der Waals surface area contributed by atoms with Crippen molar-refractivity contribution >= 4 is 10.9 Å². The number of aromatic nitrogens is 2. The van der Waals surface area contributed by atoms with Crippen molar-refractivity contribution in [2.45, 2.75) is 0 Å². The zero-order chi connectivity index (χ0) is 9.26. The van der Waals surface area contributed by atoms with E-state index in [0.29, 0.717) is 5.88 Å². The van der Waals surface area contributed by atoms with Gasteiger partial charge >= 0.3 is 0 Å². The summed E-state index contributed by atoms with van der Waals surface area (Å²) < 4.78 is 10.2. The number of H-pyrrole nitrogens is 1. The largest absolute Gasteiger partial charge is 0.494 e. The van der Waals surface area contributed by atoms with Crippen molar-refractivity contribution in [1.29, 1.82) is 0 Å². The van der Waals surface area contributed by atoms with Gasteiger partial charge < -0.3 is 14.5 Å². The lowest BCUT2D eigenvalue weighted by Crippen LogP contribution is -1.91. The van der Waals surface area contributed by atoms with Gasteiger partial charge in [0.05, 0.1) is 20.4 Å². The maximum atomic E-state index is 5.15. The molecule has 0 aliphatic rings. The Morgan fingerprint density at radius 3 is 2.85 bits per heavy atom. The topological polar surface area (TPSA) is 47.1 Å². The quantitative estimate of drug-likeness (QED) is 0.759. The molecule has 1 N–H and O–H groups in total. The van der Waals surface area contributed by atoms with Crippen molar-refractivity contribution in [1.82, 2.24) is 9.97 Å². The van der Waals surface area contributed by atoms with Gasteiger partial charge in [0.1, 0.15) is 11.3 Å². The molecule has 0 aromatic carbocycles. The molecule has 68 valence electrons. The van der Waals surface area contributed by atoms with Gasteiger partial charge in [-0.05, 0) is 6.07 Å². The van der Waals surface area contributed by atoms with Gasteiger partial charge in [0.2, 0.25) is 5.88 Å². The van der Waals surface area contributed by atoms with Crippen LogP contribution in [0.5, 0.6) is 11.6 Å². The number of hydrogen-bond donors (Lipinski definition) is 1. The number of rotatable bonds is 2. The molecule has 2 aromatic heterocycles. The fraction of sp³-hybridized carbons (Fsp3) is 0.222. The SMILES string of the molecule is COc1cnc(OC)c2[nH]ccc12. The van der Waals surface area contributed by atoms with E-state index in [-0.39, 0.29) is 0 Å². The van der Waals surface area contributed by atoms with Crippen molar-refractivity contribution in [3.8, 4) is 11.6 Å². The summed E-state index contributed by atoms with van der Waals surface area (Å²) >= 11 is 0. The lowest BCUT2D eigenvalue weighted by atomic mass is 10.3. The van der Waals surface area contributed by atoms with Crippen LogP contribution in [0.2, 0.25) is 0 Å². The second-order valence-corrected chi connectivity index (χ2v) is 2.60. The van der Waals surface area contributed by atoms with Crippen molar-refractivity contribution in [3.05, 3.63) is 18.5 Å². The third-order valence-electron chi connectivity index (χ3n) is 1.94. The summed E-state index contributed by atoms with van der Waals surface area (Å²) in [4.78, 5) is 7.14. The maximum Gasteiger partial charge on any atom is 0.238 e. The first-order valence-electron chi connectivity index (χ1n) is 3.91. The summed E-state index contributed by atoms with van der Waals surface area (Å²) in [5.41, 5.74) is 0.863. The number of fused-ring (bicyclic) bond motifs is 1. The normalized spacial score (nSPS) is 10.3. The van der Waals surface area contributed by atoms with Gasteiger partial charge in [0.15, 0.2) is 0 Å².